The van der Waals surface area contributed by atoms with Gasteiger partial charge in [0.1, 0.15) is 11.8 Å². The van der Waals surface area contributed by atoms with E-state index in [0.29, 0.717) is 18.8 Å². The molecule has 0 saturated carbocycles. The van der Waals surface area contributed by atoms with Crippen LogP contribution in [-0.4, -0.2) is 25.6 Å². The number of carbonyl (C=O) groups excluding carboxylic acids is 1. The van der Waals surface area contributed by atoms with E-state index in [9.17, 15) is 4.79 Å². The molecular weight excluding hydrogens is 230 g/mol. The van der Waals surface area contributed by atoms with Crippen LogP contribution in [0.1, 0.15) is 12.5 Å². The third-order valence-corrected chi connectivity index (χ3v) is 2.19. The summed E-state index contributed by atoms with van der Waals surface area (Å²) in [4.78, 5) is 11.2. The Morgan fingerprint density at radius 3 is 3.06 bits per heavy atom. The van der Waals surface area contributed by atoms with E-state index in [1.54, 1.807) is 6.07 Å². The molecule has 1 amide bonds. The van der Waals surface area contributed by atoms with Gasteiger partial charge in [-0.25, -0.2) is 0 Å². The second-order valence-electron chi connectivity index (χ2n) is 3.65. The van der Waals surface area contributed by atoms with Crippen LogP contribution < -0.4 is 15.4 Å². The van der Waals surface area contributed by atoms with Gasteiger partial charge in [0, 0.05) is 13.1 Å². The zero-order valence-electron chi connectivity index (χ0n) is 10.4. The smallest absolute Gasteiger partial charge is 0.233 e. The predicted octanol–water partition coefficient (Wildman–Crippen LogP) is 0.815. The van der Waals surface area contributed by atoms with Crippen molar-refractivity contribution in [3.63, 3.8) is 0 Å². The lowest BCUT2D eigenvalue weighted by Gasteiger charge is -2.07. The van der Waals surface area contributed by atoms with Gasteiger partial charge >= 0.3 is 0 Å². The number of likely N-dealkylation sites (N-methyl/N-ethyl adjacent to an activating group) is 1. The normalized spacial score (nSPS) is 9.56. The molecule has 0 heterocycles. The van der Waals surface area contributed by atoms with Crippen LogP contribution in [0.15, 0.2) is 24.3 Å². The van der Waals surface area contributed by atoms with Gasteiger partial charge in [-0.3, -0.25) is 4.79 Å². The Morgan fingerprint density at radius 2 is 2.33 bits per heavy atom. The Hall–Kier alpha value is -2.06. The van der Waals surface area contributed by atoms with Crippen molar-refractivity contribution in [2.24, 2.45) is 0 Å². The molecule has 1 aromatic carbocycles. The largest absolute Gasteiger partial charge is 0.479 e. The van der Waals surface area contributed by atoms with E-state index in [4.69, 9.17) is 10.00 Å². The Balaban J connectivity index is 2.38. The molecule has 0 spiro atoms. The summed E-state index contributed by atoms with van der Waals surface area (Å²) < 4.78 is 5.19. The van der Waals surface area contributed by atoms with Crippen LogP contribution in [0.4, 0.5) is 0 Å². The van der Waals surface area contributed by atoms with E-state index >= 15 is 0 Å². The van der Waals surface area contributed by atoms with Gasteiger partial charge in [-0.1, -0.05) is 12.1 Å². The number of ether oxygens (including phenoxy) is 1. The molecule has 0 aliphatic carbocycles. The second kappa shape index (κ2) is 8.09. The number of hydrogen-bond donors (Lipinski definition) is 2. The van der Waals surface area contributed by atoms with E-state index in [-0.39, 0.29) is 19.1 Å². The third kappa shape index (κ3) is 5.32. The predicted molar refractivity (Wildman–Crippen MR) is 67.9 cm³/mol. The molecule has 0 aliphatic heterocycles. The molecule has 0 radical (unpaired) electrons. The SMILES string of the molecule is CCNC(=O)CNCc1cccc(OCC#N)c1. The zero-order valence-corrected chi connectivity index (χ0v) is 10.4. The highest BCUT2D eigenvalue weighted by molar-refractivity contribution is 5.77. The van der Waals surface area contributed by atoms with Crippen LogP contribution >= 0.6 is 0 Å². The van der Waals surface area contributed by atoms with Crippen LogP contribution in [0.3, 0.4) is 0 Å². The summed E-state index contributed by atoms with van der Waals surface area (Å²) in [6.45, 7) is 3.43. The molecule has 18 heavy (non-hydrogen) atoms. The number of nitrogens with one attached hydrogen (secondary N) is 2. The van der Waals surface area contributed by atoms with E-state index in [2.05, 4.69) is 10.6 Å². The minimum absolute atomic E-state index is 0.0191. The molecular formula is C13H17N3O2. The number of hydrogen-bond acceptors (Lipinski definition) is 4. The Bertz CT molecular complexity index is 426. The number of benzene rings is 1. The van der Waals surface area contributed by atoms with Gasteiger partial charge in [-0.15, -0.1) is 0 Å². The van der Waals surface area contributed by atoms with Crippen molar-refractivity contribution in [2.45, 2.75) is 13.5 Å². The lowest BCUT2D eigenvalue weighted by atomic mass is 10.2. The maximum atomic E-state index is 11.2. The van der Waals surface area contributed by atoms with Crippen molar-refractivity contribution in [1.82, 2.24) is 10.6 Å². The molecule has 1 rings (SSSR count). The maximum absolute atomic E-state index is 11.2. The summed E-state index contributed by atoms with van der Waals surface area (Å²) in [6.07, 6.45) is 0. The van der Waals surface area contributed by atoms with E-state index in [1.807, 2.05) is 31.2 Å². The first-order valence-corrected chi connectivity index (χ1v) is 5.82. The molecule has 2 N–H and O–H groups in total. The first-order valence-electron chi connectivity index (χ1n) is 5.82. The fourth-order valence-electron chi connectivity index (χ4n) is 1.44. The Kier molecular flexibility index (Phi) is 6.30. The standard InChI is InChI=1S/C13H17N3O2/c1-2-16-13(17)10-15-9-11-4-3-5-12(8-11)18-7-6-14/h3-5,8,15H,2,7,9-10H2,1H3,(H,16,17). The van der Waals surface area contributed by atoms with Crippen LogP contribution in [-0.2, 0) is 11.3 Å². The lowest BCUT2D eigenvalue weighted by molar-refractivity contribution is -0.120. The van der Waals surface area contributed by atoms with Gasteiger partial charge < -0.3 is 15.4 Å². The van der Waals surface area contributed by atoms with Gasteiger partial charge in [0.05, 0.1) is 6.54 Å². The Morgan fingerprint density at radius 1 is 1.50 bits per heavy atom. The van der Waals surface area contributed by atoms with E-state index < -0.39 is 0 Å². The molecule has 0 atom stereocenters. The number of carbonyl (C=O) groups is 1. The topological polar surface area (TPSA) is 74.2 Å². The second-order valence-corrected chi connectivity index (χ2v) is 3.65. The monoisotopic (exact) mass is 247 g/mol. The van der Waals surface area contributed by atoms with Gasteiger partial charge in [0.2, 0.25) is 5.91 Å². The molecule has 96 valence electrons. The van der Waals surface area contributed by atoms with Crippen molar-refractivity contribution in [2.75, 3.05) is 19.7 Å². The first kappa shape index (κ1) is 14.0. The third-order valence-electron chi connectivity index (χ3n) is 2.19. The van der Waals surface area contributed by atoms with Crippen molar-refractivity contribution in [3.8, 4) is 11.8 Å². The fourth-order valence-corrected chi connectivity index (χ4v) is 1.44. The fraction of sp³-hybridized carbons (Fsp3) is 0.385. The molecule has 5 nitrogen and oxygen atoms in total. The van der Waals surface area contributed by atoms with Crippen LogP contribution in [0.5, 0.6) is 5.75 Å². The van der Waals surface area contributed by atoms with Gasteiger partial charge in [0.15, 0.2) is 6.61 Å². The highest BCUT2D eigenvalue weighted by Crippen LogP contribution is 2.12. The summed E-state index contributed by atoms with van der Waals surface area (Å²) in [7, 11) is 0. The zero-order chi connectivity index (χ0) is 13.2. The summed E-state index contributed by atoms with van der Waals surface area (Å²) in [5.41, 5.74) is 1.01. The average molecular weight is 247 g/mol. The number of rotatable bonds is 7. The van der Waals surface area contributed by atoms with Gasteiger partial charge in [-0.05, 0) is 24.6 Å². The average Bonchev–Trinajstić information content (AvgIpc) is 2.37. The van der Waals surface area contributed by atoms with Crippen LogP contribution in [0, 0.1) is 11.3 Å². The summed E-state index contributed by atoms with van der Waals surface area (Å²) in [5.74, 6) is 0.642. The Labute approximate surface area is 107 Å². The van der Waals surface area contributed by atoms with E-state index in [0.717, 1.165) is 5.56 Å². The highest BCUT2D eigenvalue weighted by Gasteiger charge is 2.00. The molecule has 0 unspecified atom stereocenters. The van der Waals surface area contributed by atoms with Crippen molar-refractivity contribution in [1.29, 1.82) is 5.26 Å². The highest BCUT2D eigenvalue weighted by atomic mass is 16.5. The summed E-state index contributed by atoms with van der Waals surface area (Å²) in [6, 6.07) is 9.35. The number of amides is 1. The van der Waals surface area contributed by atoms with Crippen LogP contribution in [0.25, 0.3) is 0 Å². The van der Waals surface area contributed by atoms with Gasteiger partial charge in [0.25, 0.3) is 0 Å². The quantitative estimate of drug-likeness (QED) is 0.748. The molecule has 0 aromatic heterocycles. The minimum atomic E-state index is -0.0191. The van der Waals surface area contributed by atoms with Gasteiger partial charge in [-0.2, -0.15) is 5.26 Å². The molecule has 0 saturated heterocycles. The molecule has 0 fully saturated rings. The number of nitrogens with zero attached hydrogens (tertiary/aromatic N) is 1. The minimum Gasteiger partial charge on any atom is -0.479 e. The van der Waals surface area contributed by atoms with Crippen molar-refractivity contribution < 1.29 is 9.53 Å². The summed E-state index contributed by atoms with van der Waals surface area (Å²) >= 11 is 0. The molecule has 0 aliphatic rings. The van der Waals surface area contributed by atoms with Crippen molar-refractivity contribution >= 4 is 5.91 Å². The van der Waals surface area contributed by atoms with Crippen LogP contribution in [0.2, 0.25) is 0 Å². The molecule has 1 aromatic rings. The lowest BCUT2D eigenvalue weighted by Crippen LogP contribution is -2.33. The first-order chi connectivity index (χ1) is 8.76. The molecule has 5 heteroatoms. The summed E-state index contributed by atoms with van der Waals surface area (Å²) in [5, 5.41) is 14.2. The van der Waals surface area contributed by atoms with Crippen molar-refractivity contribution in [3.05, 3.63) is 29.8 Å². The van der Waals surface area contributed by atoms with E-state index in [1.165, 1.54) is 0 Å². The maximum Gasteiger partial charge on any atom is 0.233 e. The molecule has 0 bridgehead atoms. The number of nitriles is 1.